The lowest BCUT2D eigenvalue weighted by molar-refractivity contribution is -0.138. The van der Waals surface area contributed by atoms with Crippen LogP contribution in [0.1, 0.15) is 56.1 Å². The predicted octanol–water partition coefficient (Wildman–Crippen LogP) is 4.31. The highest BCUT2D eigenvalue weighted by molar-refractivity contribution is 5.86. The Morgan fingerprint density at radius 3 is 2.47 bits per heavy atom. The lowest BCUT2D eigenvalue weighted by Crippen LogP contribution is -2.42. The van der Waals surface area contributed by atoms with Crippen molar-refractivity contribution >= 4 is 17.0 Å². The molecule has 2 heterocycles. The molecule has 0 radical (unpaired) electrons. The van der Waals surface area contributed by atoms with Gasteiger partial charge in [0.25, 0.3) is 5.56 Å². The minimum absolute atomic E-state index is 0.0247. The van der Waals surface area contributed by atoms with E-state index in [1.54, 1.807) is 20.8 Å². The Kier molecular flexibility index (Phi) is 6.22. The molecule has 32 heavy (non-hydrogen) atoms. The largest absolute Gasteiger partial charge is 0.444 e. The van der Waals surface area contributed by atoms with Crippen molar-refractivity contribution in [2.24, 2.45) is 5.92 Å². The third-order valence-corrected chi connectivity index (χ3v) is 5.40. The molecule has 1 N–H and O–H groups in total. The van der Waals surface area contributed by atoms with Gasteiger partial charge >= 0.3 is 12.3 Å². The predicted molar refractivity (Wildman–Crippen MR) is 111 cm³/mol. The van der Waals surface area contributed by atoms with Gasteiger partial charge in [-0.3, -0.25) is 4.79 Å². The number of benzene rings is 1. The molecule has 1 amide bonds. The van der Waals surface area contributed by atoms with Crippen LogP contribution in [0.5, 0.6) is 0 Å². The highest BCUT2D eigenvalue weighted by Gasteiger charge is 2.37. The van der Waals surface area contributed by atoms with Crippen LogP contribution in [0.2, 0.25) is 0 Å². The van der Waals surface area contributed by atoms with Crippen LogP contribution in [0, 0.1) is 24.2 Å². The first kappa shape index (κ1) is 23.6. The van der Waals surface area contributed by atoms with Crippen molar-refractivity contribution in [3.63, 3.8) is 0 Å². The van der Waals surface area contributed by atoms with Gasteiger partial charge in [0.05, 0.1) is 22.0 Å². The molecule has 0 atom stereocenters. The first-order chi connectivity index (χ1) is 14.8. The number of aromatic amines is 1. The Labute approximate surface area is 183 Å². The summed E-state index contributed by atoms with van der Waals surface area (Å²) in [5, 5.41) is 9.55. The van der Waals surface area contributed by atoms with Crippen molar-refractivity contribution in [1.82, 2.24) is 14.9 Å². The Hall–Kier alpha value is -3.09. The number of aryl methyl sites for hydroxylation is 1. The smallest absolute Gasteiger partial charge is 0.416 e. The van der Waals surface area contributed by atoms with Crippen LogP contribution < -0.4 is 5.56 Å². The second-order valence-electron chi connectivity index (χ2n) is 9.05. The summed E-state index contributed by atoms with van der Waals surface area (Å²) in [7, 11) is 0. The van der Waals surface area contributed by atoms with Crippen molar-refractivity contribution < 1.29 is 22.7 Å². The number of carbonyl (C=O) groups is 1. The van der Waals surface area contributed by atoms with E-state index in [4.69, 9.17) is 4.74 Å². The minimum atomic E-state index is -4.70. The molecule has 0 bridgehead atoms. The summed E-state index contributed by atoms with van der Waals surface area (Å²) in [6, 6.07) is 2.66. The summed E-state index contributed by atoms with van der Waals surface area (Å²) in [4.78, 5) is 32.7. The summed E-state index contributed by atoms with van der Waals surface area (Å²) in [5.41, 5.74) is -2.87. The normalized spacial score (nSPS) is 15.6. The number of piperidine rings is 1. The summed E-state index contributed by atoms with van der Waals surface area (Å²) in [5.74, 6) is -0.0152. The molecule has 1 saturated heterocycles. The van der Waals surface area contributed by atoms with Gasteiger partial charge in [-0.05, 0) is 64.5 Å². The van der Waals surface area contributed by atoms with Crippen LogP contribution in [0.25, 0.3) is 10.9 Å². The van der Waals surface area contributed by atoms with Gasteiger partial charge in [-0.1, -0.05) is 0 Å². The molecule has 1 aliphatic rings. The lowest BCUT2D eigenvalue weighted by atomic mass is 9.85. The molecule has 3 rings (SSSR count). The van der Waals surface area contributed by atoms with E-state index < -0.39 is 29.0 Å². The first-order valence-electron chi connectivity index (χ1n) is 10.3. The molecule has 172 valence electrons. The number of amides is 1. The van der Waals surface area contributed by atoms with E-state index in [1.165, 1.54) is 11.8 Å². The number of ether oxygens (including phenoxy) is 1. The molecule has 0 unspecified atom stereocenters. The third-order valence-electron chi connectivity index (χ3n) is 5.40. The van der Waals surface area contributed by atoms with Crippen LogP contribution in [-0.2, 0) is 17.3 Å². The number of hydrogen-bond donors (Lipinski definition) is 1. The van der Waals surface area contributed by atoms with Crippen LogP contribution in [0.4, 0.5) is 18.0 Å². The van der Waals surface area contributed by atoms with Gasteiger partial charge in [0, 0.05) is 13.1 Å². The number of aromatic nitrogens is 2. The lowest BCUT2D eigenvalue weighted by Gasteiger charge is -2.34. The zero-order valence-electron chi connectivity index (χ0n) is 18.4. The Morgan fingerprint density at radius 1 is 1.31 bits per heavy atom. The number of H-pyrrole nitrogens is 1. The molecule has 1 fully saturated rings. The quantitative estimate of drug-likeness (QED) is 0.735. The molecule has 2 aromatic rings. The summed E-state index contributed by atoms with van der Waals surface area (Å²) in [6.07, 6.45) is -4.26. The number of hydrogen-bond acceptors (Lipinski definition) is 5. The molecule has 0 saturated carbocycles. The van der Waals surface area contributed by atoms with Crippen molar-refractivity contribution in [2.45, 2.75) is 58.7 Å². The van der Waals surface area contributed by atoms with Gasteiger partial charge in [-0.15, -0.1) is 0 Å². The number of alkyl halides is 3. The maximum atomic E-state index is 13.9. The summed E-state index contributed by atoms with van der Waals surface area (Å²) >= 11 is 0. The van der Waals surface area contributed by atoms with Gasteiger partial charge in [0.2, 0.25) is 0 Å². The van der Waals surface area contributed by atoms with E-state index >= 15 is 0 Å². The number of nitriles is 1. The SMILES string of the molecule is Cc1nc2cc(C(F)(F)F)c(CC3CCN(C(=O)OC(C)(C)C)CC3)c(C#N)c2c(=O)[nH]1. The fourth-order valence-corrected chi connectivity index (χ4v) is 3.99. The second kappa shape index (κ2) is 8.45. The van der Waals surface area contributed by atoms with Crippen molar-refractivity contribution in [1.29, 1.82) is 5.26 Å². The topological polar surface area (TPSA) is 99.1 Å². The van der Waals surface area contributed by atoms with Gasteiger partial charge in [0.15, 0.2) is 0 Å². The molecule has 10 heteroatoms. The van der Waals surface area contributed by atoms with Crippen molar-refractivity contribution in [2.75, 3.05) is 13.1 Å². The van der Waals surface area contributed by atoms with Gasteiger partial charge in [0.1, 0.15) is 17.5 Å². The average Bonchev–Trinajstić information content (AvgIpc) is 2.66. The molecule has 0 aliphatic carbocycles. The third kappa shape index (κ3) is 5.03. The number of fused-ring (bicyclic) bond motifs is 1. The standard InChI is InChI=1S/C22H25F3N4O3/c1-12-27-17-10-16(22(23,24)25)14(15(11-26)18(17)19(30)28-12)9-13-5-7-29(8-6-13)20(31)32-21(2,3)4/h10,13H,5-9H2,1-4H3,(H,27,28,30). The highest BCUT2D eigenvalue weighted by atomic mass is 19.4. The van der Waals surface area contributed by atoms with E-state index in [0.29, 0.717) is 25.9 Å². The molecule has 1 aromatic heterocycles. The monoisotopic (exact) mass is 450 g/mol. The molecular weight excluding hydrogens is 425 g/mol. The fourth-order valence-electron chi connectivity index (χ4n) is 3.99. The van der Waals surface area contributed by atoms with E-state index in [1.807, 2.05) is 6.07 Å². The van der Waals surface area contributed by atoms with Gasteiger partial charge in [-0.25, -0.2) is 9.78 Å². The van der Waals surface area contributed by atoms with E-state index in [2.05, 4.69) is 9.97 Å². The number of halogens is 3. The number of carbonyl (C=O) groups excluding carboxylic acids is 1. The molecule has 1 aromatic carbocycles. The van der Waals surface area contributed by atoms with Crippen LogP contribution >= 0.6 is 0 Å². The van der Waals surface area contributed by atoms with Crippen LogP contribution in [-0.4, -0.2) is 39.7 Å². The first-order valence-corrected chi connectivity index (χ1v) is 10.3. The Balaban J connectivity index is 1.93. The Morgan fingerprint density at radius 2 is 1.94 bits per heavy atom. The van der Waals surface area contributed by atoms with Crippen molar-refractivity contribution in [3.05, 3.63) is 38.9 Å². The zero-order valence-corrected chi connectivity index (χ0v) is 18.4. The molecule has 0 spiro atoms. The number of rotatable bonds is 2. The second-order valence-corrected chi connectivity index (χ2v) is 9.05. The number of likely N-dealkylation sites (tertiary alicyclic amines) is 1. The van der Waals surface area contributed by atoms with Crippen LogP contribution in [0.15, 0.2) is 10.9 Å². The zero-order chi connectivity index (χ0) is 23.8. The molecule has 7 nitrogen and oxygen atoms in total. The molecular formula is C22H25F3N4O3. The van der Waals surface area contributed by atoms with Crippen molar-refractivity contribution in [3.8, 4) is 6.07 Å². The van der Waals surface area contributed by atoms with Gasteiger partial charge in [-0.2, -0.15) is 18.4 Å². The number of nitrogens with zero attached hydrogens (tertiary/aromatic N) is 3. The minimum Gasteiger partial charge on any atom is -0.444 e. The van der Waals surface area contributed by atoms with E-state index in [-0.39, 0.29) is 40.2 Å². The Bertz CT molecular complexity index is 1130. The van der Waals surface area contributed by atoms with E-state index in [9.17, 15) is 28.0 Å². The maximum Gasteiger partial charge on any atom is 0.416 e. The summed E-state index contributed by atoms with van der Waals surface area (Å²) < 4.78 is 47.0. The molecule has 1 aliphatic heterocycles. The highest BCUT2D eigenvalue weighted by Crippen LogP contribution is 2.38. The average molecular weight is 450 g/mol. The van der Waals surface area contributed by atoms with Crippen LogP contribution in [0.3, 0.4) is 0 Å². The van der Waals surface area contributed by atoms with E-state index in [0.717, 1.165) is 6.07 Å². The fraction of sp³-hybridized carbons (Fsp3) is 0.545. The maximum absolute atomic E-state index is 13.9. The van der Waals surface area contributed by atoms with Gasteiger partial charge < -0.3 is 14.6 Å². The number of nitrogens with one attached hydrogen (secondary N) is 1. The summed E-state index contributed by atoms with van der Waals surface area (Å²) in [6.45, 7) is 7.44.